The quantitative estimate of drug-likeness (QED) is 0.443. The van der Waals surface area contributed by atoms with Crippen molar-refractivity contribution in [1.29, 1.82) is 0 Å². The van der Waals surface area contributed by atoms with Crippen LogP contribution >= 0.6 is 23.4 Å². The van der Waals surface area contributed by atoms with Crippen LogP contribution in [0.2, 0.25) is 5.02 Å². The zero-order chi connectivity index (χ0) is 20.9. The van der Waals surface area contributed by atoms with Crippen LogP contribution in [-0.4, -0.2) is 29.6 Å². The standard InChI is InChI=1S/C22H18ClN3O3S/c1-28-17-8-2-14(3-9-17)12-20-21(27)25-22(30-20)26-24-13-18-10-11-19(29-18)15-4-6-16(23)7-5-15/h2-11,13,20H,12H2,1H3,(H,25,26,27)/b24-13-/t20-/m1/s1. The van der Waals surface area contributed by atoms with Gasteiger partial charge in [-0.05, 0) is 60.5 Å². The highest BCUT2D eigenvalue weighted by molar-refractivity contribution is 8.15. The van der Waals surface area contributed by atoms with Gasteiger partial charge in [-0.2, -0.15) is 5.10 Å². The lowest BCUT2D eigenvalue weighted by atomic mass is 10.1. The maximum Gasteiger partial charge on any atom is 0.239 e. The number of halogens is 1. The lowest BCUT2D eigenvalue weighted by molar-refractivity contribution is -0.118. The predicted octanol–water partition coefficient (Wildman–Crippen LogP) is 4.77. The molecular weight excluding hydrogens is 422 g/mol. The second kappa shape index (κ2) is 9.19. The summed E-state index contributed by atoms with van der Waals surface area (Å²) >= 11 is 7.27. The van der Waals surface area contributed by atoms with Crippen LogP contribution in [0.15, 0.2) is 75.3 Å². The van der Waals surface area contributed by atoms with Gasteiger partial charge in [0.15, 0.2) is 5.17 Å². The van der Waals surface area contributed by atoms with Crippen LogP contribution in [0.3, 0.4) is 0 Å². The molecule has 1 saturated heterocycles. The predicted molar refractivity (Wildman–Crippen MR) is 120 cm³/mol. The Morgan fingerprint density at radius 2 is 1.90 bits per heavy atom. The Morgan fingerprint density at radius 1 is 1.13 bits per heavy atom. The van der Waals surface area contributed by atoms with Crippen molar-refractivity contribution in [3.63, 3.8) is 0 Å². The van der Waals surface area contributed by atoms with Crippen molar-refractivity contribution >= 4 is 40.7 Å². The van der Waals surface area contributed by atoms with Crippen molar-refractivity contribution in [2.24, 2.45) is 10.2 Å². The van der Waals surface area contributed by atoms with E-state index in [0.29, 0.717) is 28.1 Å². The second-order valence-corrected chi connectivity index (χ2v) is 8.13. The van der Waals surface area contributed by atoms with E-state index in [1.54, 1.807) is 13.2 Å². The van der Waals surface area contributed by atoms with E-state index in [1.807, 2.05) is 54.6 Å². The molecule has 8 heteroatoms. The lowest BCUT2D eigenvalue weighted by Gasteiger charge is -2.06. The number of amides is 1. The average molecular weight is 440 g/mol. The van der Waals surface area contributed by atoms with Crippen molar-refractivity contribution in [3.05, 3.63) is 77.0 Å². The van der Waals surface area contributed by atoms with Gasteiger partial charge in [-0.3, -0.25) is 4.79 Å². The summed E-state index contributed by atoms with van der Waals surface area (Å²) < 4.78 is 10.9. The molecule has 0 saturated carbocycles. The number of benzene rings is 2. The van der Waals surface area contributed by atoms with Crippen molar-refractivity contribution < 1.29 is 13.9 Å². The Hall–Kier alpha value is -3.03. The van der Waals surface area contributed by atoms with Gasteiger partial charge in [0.25, 0.3) is 0 Å². The fraction of sp³-hybridized carbons (Fsp3) is 0.136. The molecular formula is C22H18ClN3O3S. The molecule has 0 radical (unpaired) electrons. The number of amidine groups is 1. The molecule has 4 rings (SSSR count). The molecule has 0 unspecified atom stereocenters. The molecule has 0 bridgehead atoms. The van der Waals surface area contributed by atoms with Gasteiger partial charge in [0.1, 0.15) is 17.3 Å². The fourth-order valence-corrected chi connectivity index (χ4v) is 3.98. The monoisotopic (exact) mass is 439 g/mol. The Bertz CT molecular complexity index is 1090. The van der Waals surface area contributed by atoms with Gasteiger partial charge in [0, 0.05) is 10.6 Å². The SMILES string of the molecule is COc1ccc(C[C@H]2S/C(=N/N=C\c3ccc(-c4ccc(Cl)cc4)o3)NC2=O)cc1. The van der Waals surface area contributed by atoms with Crippen LogP contribution < -0.4 is 10.1 Å². The van der Waals surface area contributed by atoms with E-state index in [0.717, 1.165) is 16.9 Å². The number of rotatable bonds is 6. The Labute approximate surface area is 183 Å². The van der Waals surface area contributed by atoms with Gasteiger partial charge in [-0.15, -0.1) is 5.10 Å². The van der Waals surface area contributed by atoms with Gasteiger partial charge in [-0.25, -0.2) is 0 Å². The average Bonchev–Trinajstić information content (AvgIpc) is 3.36. The number of nitrogens with one attached hydrogen (secondary N) is 1. The number of carbonyl (C=O) groups excluding carboxylic acids is 1. The molecule has 2 heterocycles. The normalized spacial score (nSPS) is 17.6. The summed E-state index contributed by atoms with van der Waals surface area (Å²) in [5, 5.41) is 11.8. The van der Waals surface area contributed by atoms with Gasteiger partial charge in [0.2, 0.25) is 5.91 Å². The third kappa shape index (κ3) is 4.93. The Balaban J connectivity index is 1.36. The summed E-state index contributed by atoms with van der Waals surface area (Å²) in [6.07, 6.45) is 2.11. The first-order valence-electron chi connectivity index (χ1n) is 9.18. The smallest absolute Gasteiger partial charge is 0.239 e. The molecule has 2 aromatic carbocycles. The van der Waals surface area contributed by atoms with Crippen LogP contribution in [-0.2, 0) is 11.2 Å². The molecule has 1 fully saturated rings. The minimum Gasteiger partial charge on any atom is -0.497 e. The molecule has 0 aliphatic carbocycles. The first-order chi connectivity index (χ1) is 14.6. The summed E-state index contributed by atoms with van der Waals surface area (Å²) in [5.74, 6) is 1.99. The lowest BCUT2D eigenvalue weighted by Crippen LogP contribution is -2.25. The minimum absolute atomic E-state index is 0.0761. The molecule has 1 N–H and O–H groups in total. The highest BCUT2D eigenvalue weighted by Crippen LogP contribution is 2.25. The first-order valence-corrected chi connectivity index (χ1v) is 10.4. The Morgan fingerprint density at radius 3 is 2.63 bits per heavy atom. The van der Waals surface area contributed by atoms with Crippen LogP contribution in [0.5, 0.6) is 5.75 Å². The summed E-state index contributed by atoms with van der Waals surface area (Å²) in [6, 6.07) is 18.7. The largest absolute Gasteiger partial charge is 0.497 e. The maximum absolute atomic E-state index is 12.2. The van der Waals surface area contributed by atoms with E-state index in [9.17, 15) is 4.79 Å². The maximum atomic E-state index is 12.2. The van der Waals surface area contributed by atoms with E-state index < -0.39 is 0 Å². The van der Waals surface area contributed by atoms with E-state index in [4.69, 9.17) is 20.8 Å². The van der Waals surface area contributed by atoms with Crippen LogP contribution in [0.25, 0.3) is 11.3 Å². The highest BCUT2D eigenvalue weighted by atomic mass is 35.5. The third-order valence-corrected chi connectivity index (χ3v) is 5.77. The van der Waals surface area contributed by atoms with Crippen molar-refractivity contribution in [1.82, 2.24) is 5.32 Å². The van der Waals surface area contributed by atoms with Crippen LogP contribution in [0.1, 0.15) is 11.3 Å². The molecule has 1 aromatic heterocycles. The zero-order valence-corrected chi connectivity index (χ0v) is 17.6. The van der Waals surface area contributed by atoms with Gasteiger partial charge in [0.05, 0.1) is 18.6 Å². The van der Waals surface area contributed by atoms with Gasteiger partial charge < -0.3 is 14.5 Å². The number of ether oxygens (including phenoxy) is 1. The second-order valence-electron chi connectivity index (χ2n) is 6.51. The van der Waals surface area contributed by atoms with Gasteiger partial charge in [-0.1, -0.05) is 35.5 Å². The summed E-state index contributed by atoms with van der Waals surface area (Å²) in [6.45, 7) is 0. The fourth-order valence-electron chi connectivity index (χ4n) is 2.89. The number of carbonyl (C=O) groups is 1. The number of thioether (sulfide) groups is 1. The molecule has 30 heavy (non-hydrogen) atoms. The van der Waals surface area contributed by atoms with E-state index in [-0.39, 0.29) is 11.2 Å². The zero-order valence-electron chi connectivity index (χ0n) is 16.0. The molecule has 1 atom stereocenters. The van der Waals surface area contributed by atoms with Crippen molar-refractivity contribution in [2.45, 2.75) is 11.7 Å². The summed E-state index contributed by atoms with van der Waals surface area (Å²) in [5.41, 5.74) is 1.98. The van der Waals surface area contributed by atoms with Crippen molar-refractivity contribution in [2.75, 3.05) is 7.11 Å². The number of methoxy groups -OCH3 is 1. The highest BCUT2D eigenvalue weighted by Gasteiger charge is 2.30. The van der Waals surface area contributed by atoms with Crippen molar-refractivity contribution in [3.8, 4) is 17.1 Å². The number of nitrogens with zero attached hydrogens (tertiary/aromatic N) is 2. The number of furan rings is 1. The molecule has 1 amide bonds. The van der Waals surface area contributed by atoms with E-state index in [1.165, 1.54) is 18.0 Å². The topological polar surface area (TPSA) is 76.2 Å². The minimum atomic E-state index is -0.243. The molecule has 0 spiro atoms. The molecule has 3 aromatic rings. The summed E-state index contributed by atoms with van der Waals surface area (Å²) in [4.78, 5) is 12.2. The number of hydrogen-bond acceptors (Lipinski definition) is 6. The van der Waals surface area contributed by atoms with E-state index >= 15 is 0 Å². The molecule has 1 aliphatic rings. The molecule has 6 nitrogen and oxygen atoms in total. The van der Waals surface area contributed by atoms with Crippen LogP contribution in [0, 0.1) is 0 Å². The molecule has 152 valence electrons. The summed E-state index contributed by atoms with van der Waals surface area (Å²) in [7, 11) is 1.62. The Kier molecular flexibility index (Phi) is 6.21. The van der Waals surface area contributed by atoms with Crippen LogP contribution in [0.4, 0.5) is 0 Å². The van der Waals surface area contributed by atoms with E-state index in [2.05, 4.69) is 15.5 Å². The van der Waals surface area contributed by atoms with Gasteiger partial charge >= 0.3 is 0 Å². The first kappa shape index (κ1) is 20.3. The number of hydrogen-bond donors (Lipinski definition) is 1. The molecule has 1 aliphatic heterocycles. The third-order valence-electron chi connectivity index (χ3n) is 4.45.